The predicted molar refractivity (Wildman–Crippen MR) is 86.0 cm³/mol. The number of aromatic nitrogens is 3. The van der Waals surface area contributed by atoms with Gasteiger partial charge in [-0.1, -0.05) is 17.7 Å². The topological polar surface area (TPSA) is 34.8 Å². The first-order valence-electron chi connectivity index (χ1n) is 6.94. The van der Waals surface area contributed by atoms with Gasteiger partial charge in [-0.2, -0.15) is 0 Å². The summed E-state index contributed by atoms with van der Waals surface area (Å²) in [5, 5.41) is 4.16. The van der Waals surface area contributed by atoms with Crippen molar-refractivity contribution in [2.75, 3.05) is 5.32 Å². The highest BCUT2D eigenvalue weighted by Gasteiger charge is 2.09. The minimum Gasteiger partial charge on any atom is -0.378 e. The van der Waals surface area contributed by atoms with Crippen LogP contribution >= 0.6 is 11.6 Å². The number of anilines is 1. The predicted octanol–water partition coefficient (Wildman–Crippen LogP) is 3.96. The Bertz CT molecular complexity index is 716. The lowest BCUT2D eigenvalue weighted by Crippen LogP contribution is -2.08. The number of benzene rings is 1. The molecule has 21 heavy (non-hydrogen) atoms. The summed E-state index contributed by atoms with van der Waals surface area (Å²) in [4.78, 5) is 4.09. The zero-order chi connectivity index (χ0) is 14.7. The van der Waals surface area contributed by atoms with Crippen LogP contribution in [-0.4, -0.2) is 14.1 Å². The maximum atomic E-state index is 6.35. The number of nitrogens with zero attached hydrogens (tertiary/aromatic N) is 3. The monoisotopic (exact) mass is 300 g/mol. The largest absolute Gasteiger partial charge is 0.378 e. The second-order valence-corrected chi connectivity index (χ2v) is 5.15. The zero-order valence-electron chi connectivity index (χ0n) is 11.8. The first-order chi connectivity index (χ1) is 10.3. The molecule has 0 bridgehead atoms. The molecule has 0 aliphatic rings. The first kappa shape index (κ1) is 13.8. The highest BCUT2D eigenvalue weighted by atomic mass is 35.5. The van der Waals surface area contributed by atoms with E-state index in [-0.39, 0.29) is 0 Å². The molecular weight excluding hydrogens is 284 g/mol. The molecule has 0 fully saturated rings. The summed E-state index contributed by atoms with van der Waals surface area (Å²) in [5.74, 6) is 0. The van der Waals surface area contributed by atoms with Crippen molar-refractivity contribution < 1.29 is 0 Å². The molecule has 0 radical (unpaired) electrons. The third-order valence-corrected chi connectivity index (χ3v) is 3.78. The Morgan fingerprint density at radius 1 is 1.19 bits per heavy atom. The molecule has 5 heteroatoms. The molecule has 4 nitrogen and oxygen atoms in total. The van der Waals surface area contributed by atoms with Crippen LogP contribution in [0.25, 0.3) is 5.69 Å². The van der Waals surface area contributed by atoms with E-state index in [1.807, 2.05) is 29.0 Å². The SMILES string of the molecule is CCn1cccc1CNc1cccc(Cl)c1-n1ccnc1. The number of halogens is 1. The van der Waals surface area contributed by atoms with Gasteiger partial charge in [0.25, 0.3) is 0 Å². The molecule has 0 saturated carbocycles. The standard InChI is InChI=1S/C16H17ClN4/c1-2-20-9-4-5-13(20)11-19-15-7-3-6-14(17)16(15)21-10-8-18-12-21/h3-10,12,19H,2,11H2,1H3. The molecule has 0 saturated heterocycles. The number of rotatable bonds is 5. The maximum absolute atomic E-state index is 6.35. The van der Waals surface area contributed by atoms with E-state index < -0.39 is 0 Å². The van der Waals surface area contributed by atoms with E-state index in [0.29, 0.717) is 5.02 Å². The maximum Gasteiger partial charge on any atom is 0.0992 e. The number of para-hydroxylation sites is 1. The summed E-state index contributed by atoms with van der Waals surface area (Å²) in [6.07, 6.45) is 7.48. The summed E-state index contributed by atoms with van der Waals surface area (Å²) in [7, 11) is 0. The van der Waals surface area contributed by atoms with Crippen molar-refractivity contribution in [2.24, 2.45) is 0 Å². The van der Waals surface area contributed by atoms with Gasteiger partial charge in [0.15, 0.2) is 0 Å². The lowest BCUT2D eigenvalue weighted by molar-refractivity contribution is 0.724. The highest BCUT2D eigenvalue weighted by Crippen LogP contribution is 2.28. The van der Waals surface area contributed by atoms with Crippen molar-refractivity contribution in [1.82, 2.24) is 14.1 Å². The number of aryl methyl sites for hydroxylation is 1. The van der Waals surface area contributed by atoms with Gasteiger partial charge in [-0.25, -0.2) is 4.98 Å². The van der Waals surface area contributed by atoms with Gasteiger partial charge in [0, 0.05) is 30.8 Å². The van der Waals surface area contributed by atoms with Gasteiger partial charge in [0.2, 0.25) is 0 Å². The third-order valence-electron chi connectivity index (χ3n) is 3.47. The van der Waals surface area contributed by atoms with E-state index in [2.05, 4.69) is 40.1 Å². The average molecular weight is 301 g/mol. The Morgan fingerprint density at radius 2 is 2.10 bits per heavy atom. The fraction of sp³-hybridized carbons (Fsp3) is 0.188. The van der Waals surface area contributed by atoms with Crippen molar-refractivity contribution in [1.29, 1.82) is 0 Å². The van der Waals surface area contributed by atoms with Crippen molar-refractivity contribution >= 4 is 17.3 Å². The van der Waals surface area contributed by atoms with Gasteiger partial charge in [-0.05, 0) is 31.2 Å². The van der Waals surface area contributed by atoms with Crippen LogP contribution in [0.1, 0.15) is 12.6 Å². The summed E-state index contributed by atoms with van der Waals surface area (Å²) in [6.45, 7) is 3.86. The van der Waals surface area contributed by atoms with Gasteiger partial charge in [-0.15, -0.1) is 0 Å². The van der Waals surface area contributed by atoms with Crippen LogP contribution in [0.2, 0.25) is 5.02 Å². The second kappa shape index (κ2) is 6.06. The molecule has 0 atom stereocenters. The smallest absolute Gasteiger partial charge is 0.0992 e. The molecule has 0 unspecified atom stereocenters. The van der Waals surface area contributed by atoms with Gasteiger partial charge in [0.1, 0.15) is 0 Å². The molecule has 108 valence electrons. The lowest BCUT2D eigenvalue weighted by atomic mass is 10.2. The van der Waals surface area contributed by atoms with Crippen molar-refractivity contribution in [3.8, 4) is 5.69 Å². The highest BCUT2D eigenvalue weighted by molar-refractivity contribution is 6.33. The number of nitrogens with one attached hydrogen (secondary N) is 1. The molecule has 0 aliphatic heterocycles. The molecule has 0 spiro atoms. The average Bonchev–Trinajstić information content (AvgIpc) is 3.16. The van der Waals surface area contributed by atoms with Crippen LogP contribution in [-0.2, 0) is 13.1 Å². The van der Waals surface area contributed by atoms with Crippen LogP contribution in [0.3, 0.4) is 0 Å². The van der Waals surface area contributed by atoms with Crippen LogP contribution in [0.15, 0.2) is 55.2 Å². The zero-order valence-corrected chi connectivity index (χ0v) is 12.6. The molecule has 1 N–H and O–H groups in total. The first-order valence-corrected chi connectivity index (χ1v) is 7.32. The van der Waals surface area contributed by atoms with Gasteiger partial charge in [-0.3, -0.25) is 0 Å². The molecule has 0 aliphatic carbocycles. The van der Waals surface area contributed by atoms with E-state index in [9.17, 15) is 0 Å². The Morgan fingerprint density at radius 3 is 2.86 bits per heavy atom. The summed E-state index contributed by atoms with van der Waals surface area (Å²) in [5.41, 5.74) is 3.16. The number of hydrogen-bond acceptors (Lipinski definition) is 2. The molecule has 0 amide bonds. The van der Waals surface area contributed by atoms with E-state index in [1.54, 1.807) is 12.5 Å². The van der Waals surface area contributed by atoms with E-state index >= 15 is 0 Å². The minimum atomic E-state index is 0.698. The Labute approximate surface area is 129 Å². The van der Waals surface area contributed by atoms with E-state index in [4.69, 9.17) is 11.6 Å². The Balaban J connectivity index is 1.88. The number of imidazole rings is 1. The molecule has 3 aromatic rings. The van der Waals surface area contributed by atoms with Crippen molar-refractivity contribution in [2.45, 2.75) is 20.0 Å². The van der Waals surface area contributed by atoms with Crippen LogP contribution in [0.4, 0.5) is 5.69 Å². The summed E-state index contributed by atoms with van der Waals surface area (Å²) < 4.78 is 4.14. The molecule has 1 aromatic carbocycles. The van der Waals surface area contributed by atoms with Crippen LogP contribution < -0.4 is 5.32 Å². The molecular formula is C16H17ClN4. The molecule has 2 aromatic heterocycles. The number of hydrogen-bond donors (Lipinski definition) is 1. The summed E-state index contributed by atoms with van der Waals surface area (Å²) in [6, 6.07) is 10.1. The van der Waals surface area contributed by atoms with E-state index in [0.717, 1.165) is 24.5 Å². The minimum absolute atomic E-state index is 0.698. The van der Waals surface area contributed by atoms with Gasteiger partial charge in [0.05, 0.1) is 29.3 Å². The van der Waals surface area contributed by atoms with Crippen molar-refractivity contribution in [3.63, 3.8) is 0 Å². The summed E-state index contributed by atoms with van der Waals surface area (Å²) >= 11 is 6.35. The quantitative estimate of drug-likeness (QED) is 0.774. The Kier molecular flexibility index (Phi) is 3.97. The third kappa shape index (κ3) is 2.81. The fourth-order valence-electron chi connectivity index (χ4n) is 2.42. The van der Waals surface area contributed by atoms with Crippen LogP contribution in [0.5, 0.6) is 0 Å². The van der Waals surface area contributed by atoms with Gasteiger partial charge >= 0.3 is 0 Å². The van der Waals surface area contributed by atoms with Crippen molar-refractivity contribution in [3.05, 3.63) is 66.0 Å². The molecule has 3 rings (SSSR count). The Hall–Kier alpha value is -2.20. The fourth-order valence-corrected chi connectivity index (χ4v) is 2.69. The normalized spacial score (nSPS) is 10.8. The molecule has 2 heterocycles. The van der Waals surface area contributed by atoms with Crippen LogP contribution in [0, 0.1) is 0 Å². The second-order valence-electron chi connectivity index (χ2n) is 4.75. The van der Waals surface area contributed by atoms with Gasteiger partial charge < -0.3 is 14.5 Å². The van der Waals surface area contributed by atoms with E-state index in [1.165, 1.54) is 5.69 Å². The lowest BCUT2D eigenvalue weighted by Gasteiger charge is -2.15.